The number of aryl methyl sites for hydroxylation is 2. The number of fused-ring (bicyclic) bond motifs is 1. The van der Waals surface area contributed by atoms with Crippen LogP contribution in [0.15, 0.2) is 25.0 Å². The van der Waals surface area contributed by atoms with Crippen LogP contribution in [-0.4, -0.2) is 9.78 Å². The molecule has 1 N–H and O–H groups in total. The number of hydrogen-bond donors (Lipinski definition) is 1. The molecule has 0 unspecified atom stereocenters. The molecule has 4 heteroatoms. The normalized spacial score (nSPS) is 13.8. The summed E-state index contributed by atoms with van der Waals surface area (Å²) in [5.41, 5.74) is 2.77. The van der Waals surface area contributed by atoms with Gasteiger partial charge in [0.05, 0.1) is 6.20 Å². The second-order valence-electron chi connectivity index (χ2n) is 4.63. The van der Waals surface area contributed by atoms with Crippen molar-refractivity contribution in [3.8, 4) is 0 Å². The molecule has 0 aromatic carbocycles. The molecule has 0 aliphatic heterocycles. The van der Waals surface area contributed by atoms with Gasteiger partial charge in [-0.1, -0.05) is 6.58 Å². The van der Waals surface area contributed by atoms with Gasteiger partial charge in [0.15, 0.2) is 0 Å². The van der Waals surface area contributed by atoms with Crippen molar-refractivity contribution in [3.63, 3.8) is 0 Å². The minimum absolute atomic E-state index is 0.858. The third-order valence-corrected chi connectivity index (χ3v) is 4.51. The van der Waals surface area contributed by atoms with Crippen LogP contribution >= 0.6 is 11.3 Å². The van der Waals surface area contributed by atoms with Gasteiger partial charge >= 0.3 is 0 Å². The lowest BCUT2D eigenvalue weighted by molar-refractivity contribution is 0.700. The molecule has 0 bridgehead atoms. The molecule has 0 saturated heterocycles. The Morgan fingerprint density at radius 3 is 3.17 bits per heavy atom. The van der Waals surface area contributed by atoms with Crippen LogP contribution in [0.25, 0.3) is 6.20 Å². The monoisotopic (exact) mass is 259 g/mol. The van der Waals surface area contributed by atoms with Crippen LogP contribution in [0.1, 0.15) is 27.3 Å². The SMILES string of the molecule is C=Cn1cc(CNCc2cc3c(s2)CCC3)cn1. The second-order valence-corrected chi connectivity index (χ2v) is 5.85. The fourth-order valence-electron chi connectivity index (χ4n) is 2.38. The Morgan fingerprint density at radius 2 is 2.39 bits per heavy atom. The van der Waals surface area contributed by atoms with Gasteiger partial charge in [-0.05, 0) is 30.9 Å². The third kappa shape index (κ3) is 2.40. The summed E-state index contributed by atoms with van der Waals surface area (Å²) in [5, 5.41) is 7.63. The highest BCUT2D eigenvalue weighted by Gasteiger charge is 2.14. The van der Waals surface area contributed by atoms with Crippen molar-refractivity contribution in [2.24, 2.45) is 0 Å². The molecule has 2 aromatic heterocycles. The smallest absolute Gasteiger partial charge is 0.0538 e. The molecule has 3 rings (SSSR count). The first-order valence-electron chi connectivity index (χ1n) is 6.32. The van der Waals surface area contributed by atoms with Gasteiger partial charge in [0.25, 0.3) is 0 Å². The first-order chi connectivity index (χ1) is 8.85. The number of aromatic nitrogens is 2. The van der Waals surface area contributed by atoms with Gasteiger partial charge < -0.3 is 5.32 Å². The number of nitrogens with zero attached hydrogens (tertiary/aromatic N) is 2. The largest absolute Gasteiger partial charge is 0.308 e. The summed E-state index contributed by atoms with van der Waals surface area (Å²) >= 11 is 1.97. The van der Waals surface area contributed by atoms with Crippen molar-refractivity contribution < 1.29 is 0 Å². The quantitative estimate of drug-likeness (QED) is 0.895. The summed E-state index contributed by atoms with van der Waals surface area (Å²) in [4.78, 5) is 3.06. The first-order valence-corrected chi connectivity index (χ1v) is 7.13. The zero-order valence-corrected chi connectivity index (χ0v) is 11.2. The van der Waals surface area contributed by atoms with Gasteiger partial charge in [-0.15, -0.1) is 11.3 Å². The third-order valence-electron chi connectivity index (χ3n) is 3.27. The zero-order valence-electron chi connectivity index (χ0n) is 10.4. The molecule has 0 radical (unpaired) electrons. The fraction of sp³-hybridized carbons (Fsp3) is 0.357. The van der Waals surface area contributed by atoms with E-state index in [2.05, 4.69) is 23.1 Å². The molecule has 0 spiro atoms. The van der Waals surface area contributed by atoms with Crippen LogP contribution in [0.5, 0.6) is 0 Å². The van der Waals surface area contributed by atoms with Gasteiger partial charge in [-0.2, -0.15) is 5.10 Å². The van der Waals surface area contributed by atoms with E-state index in [0.29, 0.717) is 0 Å². The summed E-state index contributed by atoms with van der Waals surface area (Å²) in [5.74, 6) is 0. The van der Waals surface area contributed by atoms with E-state index in [1.807, 2.05) is 23.7 Å². The Hall–Kier alpha value is -1.39. The van der Waals surface area contributed by atoms with Crippen LogP contribution < -0.4 is 5.32 Å². The van der Waals surface area contributed by atoms with Gasteiger partial charge in [-0.3, -0.25) is 0 Å². The number of hydrogen-bond acceptors (Lipinski definition) is 3. The Kier molecular flexibility index (Phi) is 3.30. The molecular weight excluding hydrogens is 242 g/mol. The van der Waals surface area contributed by atoms with Crippen molar-refractivity contribution in [2.45, 2.75) is 32.4 Å². The molecule has 18 heavy (non-hydrogen) atoms. The van der Waals surface area contributed by atoms with Crippen LogP contribution in [-0.2, 0) is 25.9 Å². The van der Waals surface area contributed by atoms with Crippen molar-refractivity contribution in [1.29, 1.82) is 0 Å². The lowest BCUT2D eigenvalue weighted by atomic mass is 10.2. The average molecular weight is 259 g/mol. The van der Waals surface area contributed by atoms with Gasteiger partial charge in [0.2, 0.25) is 0 Å². The molecule has 2 aromatic rings. The molecule has 0 atom stereocenters. The van der Waals surface area contributed by atoms with Crippen LogP contribution in [0.3, 0.4) is 0 Å². The predicted molar refractivity (Wildman–Crippen MR) is 75.5 cm³/mol. The Labute approximate surface area is 111 Å². The highest BCUT2D eigenvalue weighted by molar-refractivity contribution is 7.12. The van der Waals surface area contributed by atoms with Crippen molar-refractivity contribution in [2.75, 3.05) is 0 Å². The Bertz CT molecular complexity index is 532. The molecule has 0 saturated carbocycles. The van der Waals surface area contributed by atoms with Gasteiger partial charge in [-0.25, -0.2) is 4.68 Å². The average Bonchev–Trinajstić information content (AvgIpc) is 3.03. The van der Waals surface area contributed by atoms with Crippen molar-refractivity contribution in [1.82, 2.24) is 15.1 Å². The Morgan fingerprint density at radius 1 is 1.44 bits per heavy atom. The van der Waals surface area contributed by atoms with E-state index in [0.717, 1.165) is 13.1 Å². The summed E-state index contributed by atoms with van der Waals surface area (Å²) in [6, 6.07) is 2.37. The maximum atomic E-state index is 4.16. The minimum Gasteiger partial charge on any atom is -0.308 e. The molecule has 1 aliphatic rings. The molecule has 3 nitrogen and oxygen atoms in total. The van der Waals surface area contributed by atoms with E-state index in [9.17, 15) is 0 Å². The lowest BCUT2D eigenvalue weighted by Crippen LogP contribution is -2.11. The maximum Gasteiger partial charge on any atom is 0.0538 e. The number of rotatable bonds is 5. The molecule has 0 fully saturated rings. The molecule has 94 valence electrons. The van der Waals surface area contributed by atoms with E-state index in [1.54, 1.807) is 21.3 Å². The van der Waals surface area contributed by atoms with E-state index < -0.39 is 0 Å². The summed E-state index contributed by atoms with van der Waals surface area (Å²) in [6.45, 7) is 5.49. The van der Waals surface area contributed by atoms with Gasteiger partial charge in [0.1, 0.15) is 0 Å². The van der Waals surface area contributed by atoms with Crippen molar-refractivity contribution in [3.05, 3.63) is 45.9 Å². The zero-order chi connectivity index (χ0) is 12.4. The molecule has 2 heterocycles. The van der Waals surface area contributed by atoms with E-state index in [1.165, 1.54) is 29.7 Å². The van der Waals surface area contributed by atoms with Gasteiger partial charge in [0, 0.05) is 40.8 Å². The lowest BCUT2D eigenvalue weighted by Gasteiger charge is -2.00. The molecule has 0 amide bonds. The second kappa shape index (κ2) is 5.08. The van der Waals surface area contributed by atoms with E-state index in [4.69, 9.17) is 0 Å². The number of thiophene rings is 1. The maximum absolute atomic E-state index is 4.16. The summed E-state index contributed by atoms with van der Waals surface area (Å²) in [7, 11) is 0. The predicted octanol–water partition coefficient (Wildman–Crippen LogP) is 2.82. The first kappa shape index (κ1) is 11.7. The summed E-state index contributed by atoms with van der Waals surface area (Å²) < 4.78 is 1.73. The minimum atomic E-state index is 0.858. The standard InChI is InChI=1S/C14H17N3S/c1-2-17-10-11(8-16-17)7-15-9-13-6-12-4-3-5-14(12)18-13/h2,6,8,10,15H,1,3-5,7,9H2. The highest BCUT2D eigenvalue weighted by Crippen LogP contribution is 2.30. The summed E-state index contributed by atoms with van der Waals surface area (Å²) in [6.07, 6.45) is 9.48. The van der Waals surface area contributed by atoms with Crippen LogP contribution in [0.4, 0.5) is 0 Å². The highest BCUT2D eigenvalue weighted by atomic mass is 32.1. The molecular formula is C14H17N3S. The fourth-order valence-corrected chi connectivity index (χ4v) is 3.61. The molecule has 1 aliphatic carbocycles. The van der Waals surface area contributed by atoms with Crippen molar-refractivity contribution >= 4 is 17.5 Å². The van der Waals surface area contributed by atoms with Crippen LogP contribution in [0, 0.1) is 0 Å². The number of nitrogens with one attached hydrogen (secondary N) is 1. The van der Waals surface area contributed by atoms with E-state index >= 15 is 0 Å². The topological polar surface area (TPSA) is 29.9 Å². The van der Waals surface area contributed by atoms with E-state index in [-0.39, 0.29) is 0 Å². The Balaban J connectivity index is 1.53. The van der Waals surface area contributed by atoms with Crippen LogP contribution in [0.2, 0.25) is 0 Å².